The number of alkyl halides is 3. The molecule has 1 N–H and O–H groups in total. The first-order chi connectivity index (χ1) is 16.5. The van der Waals surface area contributed by atoms with Crippen LogP contribution in [0.25, 0.3) is 11.1 Å². The first-order valence-electron chi connectivity index (χ1n) is 12.1. The Kier molecular flexibility index (Phi) is 6.33. The van der Waals surface area contributed by atoms with Crippen molar-refractivity contribution in [2.24, 2.45) is 11.3 Å². The summed E-state index contributed by atoms with van der Waals surface area (Å²) in [6, 6.07) is 9.74. The minimum absolute atomic E-state index is 0.0598. The average Bonchev–Trinajstić information content (AvgIpc) is 3.07. The quantitative estimate of drug-likeness (QED) is 0.480. The molecule has 2 bridgehead atoms. The van der Waals surface area contributed by atoms with Crippen LogP contribution in [-0.2, 0) is 17.3 Å². The zero-order valence-corrected chi connectivity index (χ0v) is 21.1. The van der Waals surface area contributed by atoms with Crippen molar-refractivity contribution in [1.82, 2.24) is 10.2 Å². The van der Waals surface area contributed by atoms with Crippen LogP contribution < -0.4 is 5.32 Å². The molecule has 0 saturated carbocycles. The van der Waals surface area contributed by atoms with E-state index in [4.69, 9.17) is 4.74 Å². The molecule has 3 saturated heterocycles. The minimum Gasteiger partial charge on any atom is -0.445 e. The molecule has 8 heteroatoms. The number of carbonyl (C=O) groups is 1. The molecule has 6 rings (SSSR count). The Balaban J connectivity index is 1.37. The van der Waals surface area contributed by atoms with Crippen molar-refractivity contribution in [2.45, 2.75) is 56.3 Å². The molecule has 188 valence electrons. The Bertz CT molecular complexity index is 1130. The van der Waals surface area contributed by atoms with Crippen LogP contribution in [-0.4, -0.2) is 43.0 Å². The van der Waals surface area contributed by atoms with Crippen molar-refractivity contribution in [1.29, 1.82) is 0 Å². The SMILES string of the molecule is CSc1cc(-c2ccc3c(c2)CC(C)(C)C3NC(=O)O[C@@H]2CN3CCC2CC3)cc(C(F)(F)F)c1. The van der Waals surface area contributed by atoms with Gasteiger partial charge in [-0.15, -0.1) is 11.8 Å². The van der Waals surface area contributed by atoms with E-state index in [1.54, 1.807) is 12.3 Å². The van der Waals surface area contributed by atoms with Gasteiger partial charge in [-0.25, -0.2) is 4.79 Å². The topological polar surface area (TPSA) is 41.6 Å². The maximum Gasteiger partial charge on any atom is 0.416 e. The standard InChI is InChI=1S/C27H31F3N2O2S/c1-26(2)14-19-10-17(18-11-20(27(28,29)30)13-21(12-18)35-3)4-5-22(19)24(26)31-25(33)34-23-15-32-8-6-16(23)7-9-32/h4-5,10-13,16,23-24H,6-9,14-15H2,1-3H3,(H,31,33)/t23-,24?/m1/s1. The van der Waals surface area contributed by atoms with Gasteiger partial charge in [-0.3, -0.25) is 4.90 Å². The van der Waals surface area contributed by atoms with Crippen LogP contribution in [0, 0.1) is 11.3 Å². The Morgan fingerprint density at radius 3 is 2.49 bits per heavy atom. The fourth-order valence-corrected chi connectivity index (χ4v) is 6.38. The van der Waals surface area contributed by atoms with E-state index in [1.807, 2.05) is 18.2 Å². The highest BCUT2D eigenvalue weighted by atomic mass is 32.2. The molecule has 0 radical (unpaired) electrons. The summed E-state index contributed by atoms with van der Waals surface area (Å²) in [6.07, 6.45) is -0.205. The molecule has 2 aromatic rings. The van der Waals surface area contributed by atoms with Crippen molar-refractivity contribution in [3.05, 3.63) is 53.1 Å². The zero-order valence-electron chi connectivity index (χ0n) is 20.2. The van der Waals surface area contributed by atoms with Crippen molar-refractivity contribution >= 4 is 17.9 Å². The van der Waals surface area contributed by atoms with Gasteiger partial charge in [0.1, 0.15) is 6.10 Å². The molecule has 3 fully saturated rings. The van der Waals surface area contributed by atoms with Crippen LogP contribution >= 0.6 is 11.8 Å². The lowest BCUT2D eigenvalue weighted by Crippen LogP contribution is -2.53. The maximum absolute atomic E-state index is 13.4. The molecule has 2 aromatic carbocycles. The third-order valence-electron chi connectivity index (χ3n) is 7.80. The Morgan fingerprint density at radius 1 is 1.11 bits per heavy atom. The molecule has 3 aliphatic heterocycles. The molecular weight excluding hydrogens is 473 g/mol. The van der Waals surface area contributed by atoms with Gasteiger partial charge in [-0.1, -0.05) is 32.0 Å². The predicted octanol–water partition coefficient (Wildman–Crippen LogP) is 6.54. The van der Waals surface area contributed by atoms with E-state index >= 15 is 0 Å². The number of halogens is 3. The largest absolute Gasteiger partial charge is 0.445 e. The van der Waals surface area contributed by atoms with Gasteiger partial charge in [0.15, 0.2) is 0 Å². The molecule has 35 heavy (non-hydrogen) atoms. The van der Waals surface area contributed by atoms with Crippen molar-refractivity contribution in [2.75, 3.05) is 25.9 Å². The fraction of sp³-hybridized carbons (Fsp3) is 0.519. The Morgan fingerprint density at radius 2 is 1.86 bits per heavy atom. The molecule has 2 atom stereocenters. The lowest BCUT2D eigenvalue weighted by molar-refractivity contribution is -0.137. The number of benzene rings is 2. The van der Waals surface area contributed by atoms with Gasteiger partial charge in [0, 0.05) is 11.4 Å². The molecule has 0 aromatic heterocycles. The van der Waals surface area contributed by atoms with Gasteiger partial charge < -0.3 is 10.1 Å². The lowest BCUT2D eigenvalue weighted by Gasteiger charge is -2.44. The lowest BCUT2D eigenvalue weighted by atomic mass is 9.85. The van der Waals surface area contributed by atoms with E-state index in [0.29, 0.717) is 16.4 Å². The third kappa shape index (κ3) is 4.92. The molecule has 0 spiro atoms. The maximum atomic E-state index is 13.4. The van der Waals surface area contributed by atoms with E-state index in [9.17, 15) is 18.0 Å². The summed E-state index contributed by atoms with van der Waals surface area (Å²) < 4.78 is 46.2. The number of fused-ring (bicyclic) bond motifs is 4. The molecule has 1 amide bonds. The van der Waals surface area contributed by atoms with E-state index in [0.717, 1.165) is 55.6 Å². The van der Waals surface area contributed by atoms with Crippen molar-refractivity contribution in [3.8, 4) is 11.1 Å². The number of ether oxygens (including phenoxy) is 1. The summed E-state index contributed by atoms with van der Waals surface area (Å²) in [4.78, 5) is 15.8. The van der Waals surface area contributed by atoms with Gasteiger partial charge >= 0.3 is 12.3 Å². The number of thioether (sulfide) groups is 1. The number of nitrogens with one attached hydrogen (secondary N) is 1. The molecule has 4 nitrogen and oxygen atoms in total. The van der Waals surface area contributed by atoms with E-state index in [-0.39, 0.29) is 23.7 Å². The van der Waals surface area contributed by atoms with Gasteiger partial charge in [0.05, 0.1) is 11.6 Å². The van der Waals surface area contributed by atoms with Crippen LogP contribution in [0.2, 0.25) is 0 Å². The van der Waals surface area contributed by atoms with Gasteiger partial charge in [-0.2, -0.15) is 13.2 Å². The molecule has 3 heterocycles. The highest BCUT2D eigenvalue weighted by Crippen LogP contribution is 2.47. The zero-order chi connectivity index (χ0) is 25.0. The predicted molar refractivity (Wildman–Crippen MR) is 131 cm³/mol. The summed E-state index contributed by atoms with van der Waals surface area (Å²) in [5.41, 5.74) is 2.45. The molecular formula is C27H31F3N2O2S. The van der Waals surface area contributed by atoms with E-state index in [2.05, 4.69) is 24.1 Å². The second-order valence-electron chi connectivity index (χ2n) is 10.7. The van der Waals surface area contributed by atoms with E-state index in [1.165, 1.54) is 23.9 Å². The Labute approximate surface area is 208 Å². The number of nitrogens with zero attached hydrogens (tertiary/aromatic N) is 1. The van der Waals surface area contributed by atoms with Crippen LogP contribution in [0.1, 0.15) is 49.4 Å². The van der Waals surface area contributed by atoms with Crippen LogP contribution in [0.5, 0.6) is 0 Å². The average molecular weight is 505 g/mol. The first kappa shape index (κ1) is 24.5. The number of hydrogen-bond acceptors (Lipinski definition) is 4. The molecule has 1 unspecified atom stereocenters. The van der Waals surface area contributed by atoms with Crippen LogP contribution in [0.4, 0.5) is 18.0 Å². The number of rotatable bonds is 4. The number of hydrogen-bond donors (Lipinski definition) is 1. The second-order valence-corrected chi connectivity index (χ2v) is 11.6. The summed E-state index contributed by atoms with van der Waals surface area (Å²) in [7, 11) is 0. The smallest absolute Gasteiger partial charge is 0.416 e. The number of piperidine rings is 3. The van der Waals surface area contributed by atoms with Crippen molar-refractivity contribution < 1.29 is 22.7 Å². The molecule has 1 aliphatic carbocycles. The minimum atomic E-state index is -4.40. The summed E-state index contributed by atoms with van der Waals surface area (Å²) in [6.45, 7) is 7.18. The third-order valence-corrected chi connectivity index (χ3v) is 8.51. The number of carbonyl (C=O) groups excluding carboxylic acids is 1. The summed E-state index contributed by atoms with van der Waals surface area (Å²) in [5, 5.41) is 3.11. The van der Waals surface area contributed by atoms with Crippen molar-refractivity contribution in [3.63, 3.8) is 0 Å². The van der Waals surface area contributed by atoms with E-state index < -0.39 is 11.7 Å². The number of alkyl carbamates (subject to hydrolysis) is 1. The normalized spacial score (nSPS) is 26.9. The molecule has 4 aliphatic rings. The Hall–Kier alpha value is -2.19. The van der Waals surface area contributed by atoms with Crippen LogP contribution in [0.3, 0.4) is 0 Å². The van der Waals surface area contributed by atoms with Crippen LogP contribution in [0.15, 0.2) is 41.3 Å². The highest BCUT2D eigenvalue weighted by molar-refractivity contribution is 7.98. The summed E-state index contributed by atoms with van der Waals surface area (Å²) in [5.74, 6) is 0.441. The highest BCUT2D eigenvalue weighted by Gasteiger charge is 2.42. The van der Waals surface area contributed by atoms with Gasteiger partial charge in [-0.05, 0) is 90.4 Å². The van der Waals surface area contributed by atoms with Gasteiger partial charge in [0.25, 0.3) is 0 Å². The fourth-order valence-electron chi connectivity index (χ4n) is 5.89. The summed E-state index contributed by atoms with van der Waals surface area (Å²) >= 11 is 1.29. The number of amides is 1. The van der Waals surface area contributed by atoms with Gasteiger partial charge in [0.2, 0.25) is 0 Å². The first-order valence-corrected chi connectivity index (χ1v) is 13.3. The monoisotopic (exact) mass is 504 g/mol. The second kappa shape index (κ2) is 9.04.